The molecule has 0 bridgehead atoms. The first-order chi connectivity index (χ1) is 31.4. The smallest absolute Gasteiger partial charge is 0.405 e. The fraction of sp³-hybridized carbons (Fsp3) is 0.234. The molecule has 332 valence electrons. The molecule has 8 rings (SSSR count). The number of non-ortho nitro benzene ring substituents is 1. The molecule has 2 unspecified atom stereocenters. The Bertz CT molecular complexity index is 2670. The van der Waals surface area contributed by atoms with Crippen molar-refractivity contribution in [1.29, 1.82) is 0 Å². The third-order valence-electron chi connectivity index (χ3n) is 11.8. The van der Waals surface area contributed by atoms with Crippen LogP contribution in [0.1, 0.15) is 54.5 Å². The maximum atomic E-state index is 14.0. The Morgan fingerprint density at radius 3 is 1.51 bits per heavy atom. The van der Waals surface area contributed by atoms with Crippen LogP contribution in [0, 0.1) is 10.1 Å². The van der Waals surface area contributed by atoms with Gasteiger partial charge >= 0.3 is 12.2 Å². The summed E-state index contributed by atoms with van der Waals surface area (Å²) in [5.41, 5.74) is 3.48. The normalized spacial score (nSPS) is 16.7. The number of likely N-dealkylation sites (tertiary alicyclic amines) is 2. The Hall–Kier alpha value is -8.28. The van der Waals surface area contributed by atoms with Gasteiger partial charge in [0.25, 0.3) is 17.5 Å². The van der Waals surface area contributed by atoms with E-state index in [2.05, 4.69) is 21.3 Å². The predicted octanol–water partition coefficient (Wildman–Crippen LogP) is 6.63. The summed E-state index contributed by atoms with van der Waals surface area (Å²) in [5.74, 6) is -2.02. The van der Waals surface area contributed by atoms with Crippen molar-refractivity contribution >= 4 is 74.7 Å². The highest BCUT2D eigenvalue weighted by molar-refractivity contribution is 6.11. The van der Waals surface area contributed by atoms with Gasteiger partial charge in [0.05, 0.1) is 16.0 Å². The van der Waals surface area contributed by atoms with Gasteiger partial charge in [0.2, 0.25) is 11.8 Å². The molecule has 6 aromatic rings. The van der Waals surface area contributed by atoms with Gasteiger partial charge in [-0.3, -0.25) is 29.3 Å². The largest absolute Gasteiger partial charge is 0.465 e. The van der Waals surface area contributed by atoms with Crippen LogP contribution in [0.25, 0.3) is 21.8 Å². The number of nitro benzene ring substituents is 1. The lowest BCUT2D eigenvalue weighted by molar-refractivity contribution is -0.384. The summed E-state index contributed by atoms with van der Waals surface area (Å²) >= 11 is 0. The van der Waals surface area contributed by atoms with Gasteiger partial charge in [-0.1, -0.05) is 84.9 Å². The summed E-state index contributed by atoms with van der Waals surface area (Å²) in [5, 5.41) is 42.9. The second kappa shape index (κ2) is 18.6. The molecule has 0 spiro atoms. The second-order valence-electron chi connectivity index (χ2n) is 15.9. The number of hydrogen-bond donors (Lipinski definition) is 6. The first-order valence-electron chi connectivity index (χ1n) is 21.0. The van der Waals surface area contributed by atoms with Crippen molar-refractivity contribution in [2.45, 2.75) is 56.4 Å². The molecule has 3 heterocycles. The standard InChI is InChI=1S/C47H44N8O10/c56-42(36-16-8-22-52(36)44(58)40(50-46(60)61)29-11-3-1-4-12-29)48-31-18-20-34-35-21-19-32(26-39(35)54(38(34)25-31)27-28-10-7-15-33(24-28)55(64)65)49-43(57)37-17-9-23-53(37)45(59)41(51-47(62)63)30-13-5-2-6-14-30/h1-7,10-15,18-21,24-26,36-37,40-41,50-51H,8-9,16-17,22-23,27H2,(H,48,56)(H,49,57)(H,60,61)(H,62,63)/t36-,37-,40?,41?/m0/s1. The SMILES string of the molecule is O=C(O)NC(C(=O)N1CCC[C@H]1C(=O)Nc1ccc2c3ccc(NC(=O)[C@@H]4CCCN4C(=O)C(NC(=O)O)c4ccccc4)cc3n(Cc3cccc([N+](=O)[O-])c3)c2c1)c1ccccc1. The van der Waals surface area contributed by atoms with Crippen LogP contribution in [0.5, 0.6) is 0 Å². The van der Waals surface area contributed by atoms with E-state index in [-0.39, 0.29) is 25.3 Å². The van der Waals surface area contributed by atoms with Gasteiger partial charge in [-0.15, -0.1) is 0 Å². The Morgan fingerprint density at radius 1 is 0.615 bits per heavy atom. The number of nitrogens with zero attached hydrogens (tertiary/aromatic N) is 4. The van der Waals surface area contributed by atoms with E-state index in [1.165, 1.54) is 21.9 Å². The molecule has 2 saturated heterocycles. The molecule has 2 aliphatic rings. The fourth-order valence-corrected chi connectivity index (χ4v) is 8.87. The summed E-state index contributed by atoms with van der Waals surface area (Å²) in [6, 6.07) is 29.4. The number of rotatable bonds is 13. The molecule has 0 saturated carbocycles. The third kappa shape index (κ3) is 9.27. The first kappa shape index (κ1) is 43.4. The topological polar surface area (TPSA) is 246 Å². The molecule has 18 heteroatoms. The van der Waals surface area contributed by atoms with Gasteiger partial charge in [0.1, 0.15) is 24.2 Å². The number of carboxylic acid groups (broad SMARTS) is 2. The lowest BCUT2D eigenvalue weighted by atomic mass is 10.0. The highest BCUT2D eigenvalue weighted by atomic mass is 16.6. The summed E-state index contributed by atoms with van der Waals surface area (Å²) in [4.78, 5) is 93.1. The van der Waals surface area contributed by atoms with Gasteiger partial charge in [-0.05, 0) is 66.6 Å². The van der Waals surface area contributed by atoms with E-state index in [1.54, 1.807) is 97.1 Å². The van der Waals surface area contributed by atoms with E-state index in [4.69, 9.17) is 0 Å². The zero-order valence-electron chi connectivity index (χ0n) is 34.8. The van der Waals surface area contributed by atoms with Crippen LogP contribution in [0.15, 0.2) is 121 Å². The Balaban J connectivity index is 1.08. The van der Waals surface area contributed by atoms with Crippen LogP contribution < -0.4 is 21.3 Å². The van der Waals surface area contributed by atoms with E-state index in [0.717, 1.165) is 10.8 Å². The molecule has 5 aromatic carbocycles. The predicted molar refractivity (Wildman–Crippen MR) is 239 cm³/mol. The van der Waals surface area contributed by atoms with Crippen molar-refractivity contribution in [2.75, 3.05) is 23.7 Å². The summed E-state index contributed by atoms with van der Waals surface area (Å²) in [6.07, 6.45) is -0.997. The van der Waals surface area contributed by atoms with E-state index < -0.39 is 64.9 Å². The van der Waals surface area contributed by atoms with Crippen molar-refractivity contribution in [3.05, 3.63) is 148 Å². The summed E-state index contributed by atoms with van der Waals surface area (Å²) in [7, 11) is 0. The molecule has 2 fully saturated rings. The zero-order valence-corrected chi connectivity index (χ0v) is 34.8. The van der Waals surface area contributed by atoms with Crippen LogP contribution in [0.2, 0.25) is 0 Å². The van der Waals surface area contributed by atoms with Crippen LogP contribution in [0.3, 0.4) is 0 Å². The van der Waals surface area contributed by atoms with Gasteiger partial charge in [-0.2, -0.15) is 0 Å². The maximum absolute atomic E-state index is 14.0. The molecule has 6 amide bonds. The summed E-state index contributed by atoms with van der Waals surface area (Å²) in [6.45, 7) is 0.658. The molecule has 18 nitrogen and oxygen atoms in total. The van der Waals surface area contributed by atoms with E-state index in [0.29, 0.717) is 64.8 Å². The molecule has 2 aliphatic heterocycles. The number of nitro groups is 1. The van der Waals surface area contributed by atoms with Crippen molar-refractivity contribution in [3.63, 3.8) is 0 Å². The number of benzene rings is 5. The Morgan fingerprint density at radius 2 is 1.08 bits per heavy atom. The Labute approximate surface area is 371 Å². The third-order valence-corrected chi connectivity index (χ3v) is 11.8. The molecule has 0 aliphatic carbocycles. The molecule has 6 N–H and O–H groups in total. The number of nitrogens with one attached hydrogen (secondary N) is 4. The fourth-order valence-electron chi connectivity index (χ4n) is 8.87. The Kier molecular flexibility index (Phi) is 12.4. The van der Waals surface area contributed by atoms with E-state index >= 15 is 0 Å². The number of carbonyl (C=O) groups excluding carboxylic acids is 4. The minimum atomic E-state index is -1.38. The average Bonchev–Trinajstić information content (AvgIpc) is 4.07. The molecule has 65 heavy (non-hydrogen) atoms. The highest BCUT2D eigenvalue weighted by Gasteiger charge is 2.40. The lowest BCUT2D eigenvalue weighted by Gasteiger charge is -2.28. The minimum absolute atomic E-state index is 0.100. The van der Waals surface area contributed by atoms with Crippen LogP contribution >= 0.6 is 0 Å². The van der Waals surface area contributed by atoms with E-state index in [1.807, 2.05) is 16.7 Å². The second-order valence-corrected chi connectivity index (χ2v) is 15.9. The number of hydrogen-bond acceptors (Lipinski definition) is 8. The van der Waals surface area contributed by atoms with Crippen molar-refractivity contribution < 1.29 is 43.9 Å². The molecule has 0 radical (unpaired) electrons. The number of fused-ring (bicyclic) bond motifs is 3. The first-order valence-corrected chi connectivity index (χ1v) is 21.0. The van der Waals surface area contributed by atoms with Crippen molar-refractivity contribution in [2.24, 2.45) is 0 Å². The van der Waals surface area contributed by atoms with Crippen LogP contribution in [-0.4, -0.2) is 90.5 Å². The number of carbonyl (C=O) groups is 6. The van der Waals surface area contributed by atoms with Crippen LogP contribution in [0.4, 0.5) is 26.7 Å². The zero-order chi connectivity index (χ0) is 45.8. The quantitative estimate of drug-likeness (QED) is 0.0534. The molecular weight excluding hydrogens is 837 g/mol. The van der Waals surface area contributed by atoms with Crippen LogP contribution in [-0.2, 0) is 25.7 Å². The maximum Gasteiger partial charge on any atom is 0.405 e. The van der Waals surface area contributed by atoms with Crippen molar-refractivity contribution in [3.8, 4) is 0 Å². The number of aromatic nitrogens is 1. The number of amides is 6. The molecule has 1 aromatic heterocycles. The van der Waals surface area contributed by atoms with E-state index in [9.17, 15) is 49.1 Å². The monoisotopic (exact) mass is 880 g/mol. The van der Waals surface area contributed by atoms with Gasteiger partial charge < -0.3 is 45.8 Å². The van der Waals surface area contributed by atoms with Gasteiger partial charge in [0.15, 0.2) is 0 Å². The van der Waals surface area contributed by atoms with Gasteiger partial charge in [-0.25, -0.2) is 9.59 Å². The number of anilines is 2. The van der Waals surface area contributed by atoms with Gasteiger partial charge in [0, 0.05) is 53.9 Å². The molecular formula is C47H44N8O10. The van der Waals surface area contributed by atoms with Crippen molar-refractivity contribution in [1.82, 2.24) is 25.0 Å². The molecule has 4 atom stereocenters. The highest BCUT2D eigenvalue weighted by Crippen LogP contribution is 2.35. The average molecular weight is 881 g/mol. The lowest BCUT2D eigenvalue weighted by Crippen LogP contribution is -2.48. The summed E-state index contributed by atoms with van der Waals surface area (Å²) < 4.78 is 1.91. The minimum Gasteiger partial charge on any atom is -0.465 e.